The molecule has 2 N–H and O–H groups in total. The molecular formula is C25H26N2O5S. The quantitative estimate of drug-likeness (QED) is 0.539. The van der Waals surface area contributed by atoms with Crippen molar-refractivity contribution in [3.63, 3.8) is 0 Å². The second-order valence-corrected chi connectivity index (χ2v) is 9.78. The molecule has 0 aliphatic carbocycles. The van der Waals surface area contributed by atoms with E-state index in [4.69, 9.17) is 9.47 Å². The number of sulfonamides is 1. The van der Waals surface area contributed by atoms with Crippen LogP contribution in [0.4, 0.5) is 5.69 Å². The second kappa shape index (κ2) is 9.54. The van der Waals surface area contributed by atoms with Crippen molar-refractivity contribution >= 4 is 21.6 Å². The van der Waals surface area contributed by atoms with Crippen molar-refractivity contribution in [3.8, 4) is 11.5 Å². The molecule has 0 spiro atoms. The average Bonchev–Trinajstić information content (AvgIpc) is 2.82. The Morgan fingerprint density at radius 2 is 1.55 bits per heavy atom. The fourth-order valence-electron chi connectivity index (χ4n) is 3.62. The van der Waals surface area contributed by atoms with Crippen molar-refractivity contribution in [2.45, 2.75) is 24.8 Å². The first-order chi connectivity index (χ1) is 15.8. The first-order valence-corrected chi connectivity index (χ1v) is 12.2. The molecule has 0 radical (unpaired) electrons. The molecule has 8 heteroatoms. The Bertz CT molecular complexity index is 1230. The maximum absolute atomic E-state index is 12.9. The number of amides is 1. The number of carbonyl (C=O) groups is 1. The van der Waals surface area contributed by atoms with Crippen LogP contribution in [0.15, 0.2) is 77.7 Å². The summed E-state index contributed by atoms with van der Waals surface area (Å²) in [5.41, 5.74) is 1.73. The third kappa shape index (κ3) is 5.28. The Kier molecular flexibility index (Phi) is 6.55. The number of hydrogen-bond acceptors (Lipinski definition) is 5. The van der Waals surface area contributed by atoms with Gasteiger partial charge in [-0.3, -0.25) is 9.52 Å². The minimum atomic E-state index is -3.69. The summed E-state index contributed by atoms with van der Waals surface area (Å²) in [4.78, 5) is 13.1. The minimum absolute atomic E-state index is 0.133. The van der Waals surface area contributed by atoms with Gasteiger partial charge >= 0.3 is 0 Å². The average molecular weight is 467 g/mol. The van der Waals surface area contributed by atoms with Gasteiger partial charge in [-0.05, 0) is 60.0 Å². The second-order valence-electron chi connectivity index (χ2n) is 8.09. The highest BCUT2D eigenvalue weighted by Crippen LogP contribution is 2.34. The molecule has 1 heterocycles. The van der Waals surface area contributed by atoms with E-state index < -0.39 is 10.0 Å². The van der Waals surface area contributed by atoms with Gasteiger partial charge in [0, 0.05) is 11.3 Å². The minimum Gasteiger partial charge on any atom is -0.486 e. The van der Waals surface area contributed by atoms with Crippen LogP contribution < -0.4 is 19.5 Å². The van der Waals surface area contributed by atoms with E-state index in [2.05, 4.69) is 10.0 Å². The Morgan fingerprint density at radius 3 is 2.21 bits per heavy atom. The van der Waals surface area contributed by atoms with Crippen LogP contribution in [0.5, 0.6) is 11.5 Å². The normalized spacial score (nSPS) is 13.9. The summed E-state index contributed by atoms with van der Waals surface area (Å²) in [5, 5.41) is 3.08. The third-order valence-electron chi connectivity index (χ3n) is 5.33. The smallest absolute Gasteiger partial charge is 0.261 e. The molecule has 3 aromatic rings. The van der Waals surface area contributed by atoms with Crippen molar-refractivity contribution in [3.05, 3.63) is 83.9 Å². The molecule has 172 valence electrons. The van der Waals surface area contributed by atoms with Crippen molar-refractivity contribution < 1.29 is 22.7 Å². The summed E-state index contributed by atoms with van der Waals surface area (Å²) in [6.45, 7) is 5.08. The maximum atomic E-state index is 12.9. The van der Waals surface area contributed by atoms with Crippen LogP contribution in [0.2, 0.25) is 0 Å². The van der Waals surface area contributed by atoms with Gasteiger partial charge in [-0.1, -0.05) is 38.1 Å². The van der Waals surface area contributed by atoms with Crippen molar-refractivity contribution in [2.24, 2.45) is 5.92 Å². The van der Waals surface area contributed by atoms with Crippen LogP contribution in [0.3, 0.4) is 0 Å². The van der Waals surface area contributed by atoms with Crippen molar-refractivity contribution in [1.29, 1.82) is 0 Å². The topological polar surface area (TPSA) is 93.7 Å². The van der Waals surface area contributed by atoms with Crippen molar-refractivity contribution in [1.82, 2.24) is 5.32 Å². The van der Waals surface area contributed by atoms with Crippen LogP contribution in [0.25, 0.3) is 0 Å². The molecule has 3 aromatic carbocycles. The Hall–Kier alpha value is -3.52. The highest BCUT2D eigenvalue weighted by atomic mass is 32.2. The molecule has 0 saturated heterocycles. The first kappa shape index (κ1) is 22.7. The highest BCUT2D eigenvalue weighted by molar-refractivity contribution is 7.92. The van der Waals surface area contributed by atoms with Crippen molar-refractivity contribution in [2.75, 3.05) is 17.9 Å². The molecule has 1 unspecified atom stereocenters. The number of carbonyl (C=O) groups excluding carboxylic acids is 1. The van der Waals surface area contributed by atoms with Gasteiger partial charge in [-0.2, -0.15) is 0 Å². The molecule has 0 bridgehead atoms. The van der Waals surface area contributed by atoms with E-state index in [-0.39, 0.29) is 22.8 Å². The summed E-state index contributed by atoms with van der Waals surface area (Å²) in [5.74, 6) is 1.26. The summed E-state index contributed by atoms with van der Waals surface area (Å²) >= 11 is 0. The van der Waals surface area contributed by atoms with E-state index in [9.17, 15) is 13.2 Å². The van der Waals surface area contributed by atoms with E-state index in [0.717, 1.165) is 5.56 Å². The number of fused-ring (bicyclic) bond motifs is 1. The highest BCUT2D eigenvalue weighted by Gasteiger charge is 2.22. The van der Waals surface area contributed by atoms with E-state index in [1.165, 1.54) is 12.1 Å². The first-order valence-electron chi connectivity index (χ1n) is 10.7. The molecule has 4 rings (SSSR count). The van der Waals surface area contributed by atoms with Gasteiger partial charge in [-0.25, -0.2) is 8.42 Å². The molecule has 0 aromatic heterocycles. The predicted molar refractivity (Wildman–Crippen MR) is 126 cm³/mol. The molecule has 1 aliphatic heterocycles. The number of hydrogen-bond donors (Lipinski definition) is 2. The van der Waals surface area contributed by atoms with Gasteiger partial charge in [0.15, 0.2) is 11.5 Å². The standard InChI is InChI=1S/C25H26N2O5S/c1-17(2)24(19-10-13-22-23(16-19)32-15-14-31-22)26-25(28)18-8-11-20(12-9-18)27-33(29,30)21-6-4-3-5-7-21/h3-13,16-17,24,27H,14-15H2,1-2H3,(H,26,28). The summed E-state index contributed by atoms with van der Waals surface area (Å²) in [6, 6.07) is 19.9. The van der Waals surface area contributed by atoms with Gasteiger partial charge in [0.25, 0.3) is 15.9 Å². The molecule has 1 atom stereocenters. The van der Waals surface area contributed by atoms with Crippen LogP contribution in [-0.2, 0) is 10.0 Å². The summed E-state index contributed by atoms with van der Waals surface area (Å²) < 4.78 is 38.8. The van der Waals surface area contributed by atoms with Crippen LogP contribution in [-0.4, -0.2) is 27.5 Å². The zero-order valence-corrected chi connectivity index (χ0v) is 19.3. The number of rotatable bonds is 7. The number of ether oxygens (including phenoxy) is 2. The molecular weight excluding hydrogens is 440 g/mol. The summed E-state index contributed by atoms with van der Waals surface area (Å²) in [7, 11) is -3.69. The van der Waals surface area contributed by atoms with Gasteiger partial charge in [0.1, 0.15) is 13.2 Å². The molecule has 0 fully saturated rings. The van der Waals surface area contributed by atoms with Gasteiger partial charge in [0.2, 0.25) is 0 Å². The fourth-order valence-corrected chi connectivity index (χ4v) is 4.70. The van der Waals surface area contributed by atoms with E-state index in [1.807, 2.05) is 32.0 Å². The molecule has 1 amide bonds. The Balaban J connectivity index is 1.47. The monoisotopic (exact) mass is 466 g/mol. The zero-order chi connectivity index (χ0) is 23.4. The largest absolute Gasteiger partial charge is 0.486 e. The lowest BCUT2D eigenvalue weighted by Crippen LogP contribution is -2.32. The van der Waals surface area contributed by atoms with Gasteiger partial charge in [0.05, 0.1) is 10.9 Å². The van der Waals surface area contributed by atoms with Crippen LogP contribution in [0, 0.1) is 5.92 Å². The fraction of sp³-hybridized carbons (Fsp3) is 0.240. The SMILES string of the molecule is CC(C)C(NC(=O)c1ccc(NS(=O)(=O)c2ccccc2)cc1)c1ccc2c(c1)OCCO2. The lowest BCUT2D eigenvalue weighted by Gasteiger charge is -2.25. The number of anilines is 1. The van der Waals surface area contributed by atoms with Crippen LogP contribution >= 0.6 is 0 Å². The number of benzene rings is 3. The lowest BCUT2D eigenvalue weighted by atomic mass is 9.95. The maximum Gasteiger partial charge on any atom is 0.261 e. The number of nitrogens with one attached hydrogen (secondary N) is 2. The Labute approximate surface area is 193 Å². The predicted octanol–water partition coefficient (Wildman–Crippen LogP) is 4.39. The molecule has 0 saturated carbocycles. The molecule has 33 heavy (non-hydrogen) atoms. The van der Waals surface area contributed by atoms with E-state index in [1.54, 1.807) is 42.5 Å². The molecule has 7 nitrogen and oxygen atoms in total. The van der Waals surface area contributed by atoms with Gasteiger partial charge < -0.3 is 14.8 Å². The summed E-state index contributed by atoms with van der Waals surface area (Å²) in [6.07, 6.45) is 0. The van der Waals surface area contributed by atoms with Crippen LogP contribution in [0.1, 0.15) is 35.8 Å². The van der Waals surface area contributed by atoms with Gasteiger partial charge in [-0.15, -0.1) is 0 Å². The van der Waals surface area contributed by atoms with E-state index in [0.29, 0.717) is 36.0 Å². The Morgan fingerprint density at radius 1 is 0.879 bits per heavy atom. The van der Waals surface area contributed by atoms with E-state index >= 15 is 0 Å². The zero-order valence-electron chi connectivity index (χ0n) is 18.4. The third-order valence-corrected chi connectivity index (χ3v) is 6.73. The lowest BCUT2D eigenvalue weighted by molar-refractivity contribution is 0.0925. The molecule has 1 aliphatic rings.